The lowest BCUT2D eigenvalue weighted by atomic mass is 10.2. The molecule has 0 amide bonds. The first-order valence-corrected chi connectivity index (χ1v) is 9.11. The maximum atomic E-state index is 11.1. The molecule has 0 bridgehead atoms. The van der Waals surface area contributed by atoms with E-state index in [4.69, 9.17) is 25.3 Å². The number of anilines is 1. The minimum Gasteiger partial charge on any atom is -0.375 e. The molecule has 0 saturated carbocycles. The molecular weight excluding hydrogens is 318 g/mol. The highest BCUT2D eigenvalue weighted by atomic mass is 32.1. The van der Waals surface area contributed by atoms with E-state index in [2.05, 4.69) is 4.98 Å². The Kier molecular flexibility index (Phi) is 4.93. The van der Waals surface area contributed by atoms with Crippen molar-refractivity contribution in [2.45, 2.75) is 24.3 Å². The summed E-state index contributed by atoms with van der Waals surface area (Å²) in [5.74, 6) is 0. The van der Waals surface area contributed by atoms with Crippen LogP contribution in [0.5, 0.6) is 0 Å². The molecule has 1 aromatic heterocycles. The standard InChI is InChI=1S/C7H14N2O7P2S/c8-6-9-5(4-19-6)2-1-3-7(10,17(11,12)13)18(14,15)16/h4,10H,1-3H2,(H2,8,9)(H2,11,12,13)(H2,14,15,16). The molecule has 110 valence electrons. The van der Waals surface area contributed by atoms with Gasteiger partial charge in [-0.2, -0.15) is 0 Å². The lowest BCUT2D eigenvalue weighted by molar-refractivity contribution is 0.121. The molecule has 1 heterocycles. The van der Waals surface area contributed by atoms with Gasteiger partial charge in [0.05, 0.1) is 5.69 Å². The zero-order valence-corrected chi connectivity index (χ0v) is 12.2. The Labute approximate surface area is 112 Å². The van der Waals surface area contributed by atoms with E-state index in [1.807, 2.05) is 0 Å². The lowest BCUT2D eigenvalue weighted by Gasteiger charge is -2.29. The summed E-state index contributed by atoms with van der Waals surface area (Å²) in [6, 6.07) is 0. The fourth-order valence-electron chi connectivity index (χ4n) is 1.41. The van der Waals surface area contributed by atoms with Crippen LogP contribution in [0.15, 0.2) is 5.38 Å². The highest BCUT2D eigenvalue weighted by molar-refractivity contribution is 7.72. The van der Waals surface area contributed by atoms with Gasteiger partial charge in [0.2, 0.25) is 0 Å². The number of hydrogen-bond acceptors (Lipinski definition) is 6. The third-order valence-electron chi connectivity index (χ3n) is 2.45. The van der Waals surface area contributed by atoms with Crippen molar-refractivity contribution in [2.24, 2.45) is 0 Å². The van der Waals surface area contributed by atoms with Gasteiger partial charge in [0.15, 0.2) is 5.13 Å². The van der Waals surface area contributed by atoms with Crippen LogP contribution in [0.4, 0.5) is 5.13 Å². The third-order valence-corrected chi connectivity index (χ3v) is 7.05. The van der Waals surface area contributed by atoms with Gasteiger partial charge >= 0.3 is 15.2 Å². The molecule has 1 rings (SSSR count). The van der Waals surface area contributed by atoms with Crippen molar-refractivity contribution in [3.63, 3.8) is 0 Å². The minimum absolute atomic E-state index is 0.0596. The average Bonchev–Trinajstić information content (AvgIpc) is 2.60. The number of aromatic nitrogens is 1. The zero-order valence-electron chi connectivity index (χ0n) is 9.58. The van der Waals surface area contributed by atoms with E-state index < -0.39 is 26.7 Å². The number of hydrogen-bond donors (Lipinski definition) is 6. The fourth-order valence-corrected chi connectivity index (χ4v) is 4.26. The summed E-state index contributed by atoms with van der Waals surface area (Å²) in [4.78, 5) is 39.5. The molecule has 12 heteroatoms. The predicted molar refractivity (Wildman–Crippen MR) is 68.5 cm³/mol. The molecule has 0 aliphatic carbocycles. The number of rotatable bonds is 6. The summed E-state index contributed by atoms with van der Waals surface area (Å²) in [5, 5.41) is 8.17. The Bertz CT molecular complexity index is 513. The molecule has 0 radical (unpaired) electrons. The van der Waals surface area contributed by atoms with Crippen LogP contribution in [0, 0.1) is 0 Å². The first-order valence-electron chi connectivity index (χ1n) is 5.01. The van der Waals surface area contributed by atoms with Crippen molar-refractivity contribution >= 4 is 31.7 Å². The van der Waals surface area contributed by atoms with Gasteiger partial charge in [0, 0.05) is 11.8 Å². The second-order valence-corrected chi connectivity index (χ2v) is 8.79. The van der Waals surface area contributed by atoms with Crippen molar-refractivity contribution in [3.05, 3.63) is 11.1 Å². The summed E-state index contributed by atoms with van der Waals surface area (Å²) in [5.41, 5.74) is 5.91. The van der Waals surface area contributed by atoms with E-state index >= 15 is 0 Å². The molecule has 0 unspecified atom stereocenters. The van der Waals surface area contributed by atoms with E-state index in [0.29, 0.717) is 10.8 Å². The number of thiazole rings is 1. The van der Waals surface area contributed by atoms with Crippen molar-refractivity contribution in [2.75, 3.05) is 5.73 Å². The molecular formula is C7H14N2O7P2S. The number of nitrogen functional groups attached to an aromatic ring is 1. The molecule has 7 N–H and O–H groups in total. The third kappa shape index (κ3) is 3.84. The zero-order chi connectivity index (χ0) is 14.9. The van der Waals surface area contributed by atoms with Crippen LogP contribution in [0.1, 0.15) is 18.5 Å². The van der Waals surface area contributed by atoms with Gasteiger partial charge in [-0.25, -0.2) is 4.98 Å². The fraction of sp³-hybridized carbons (Fsp3) is 0.571. The van der Waals surface area contributed by atoms with E-state index in [1.165, 1.54) is 11.3 Å². The highest BCUT2D eigenvalue weighted by Crippen LogP contribution is 2.69. The Morgan fingerprint density at radius 2 is 1.79 bits per heavy atom. The molecule has 9 nitrogen and oxygen atoms in total. The quantitative estimate of drug-likeness (QED) is 0.393. The van der Waals surface area contributed by atoms with Gasteiger partial charge in [-0.3, -0.25) is 9.13 Å². The maximum Gasteiger partial charge on any atom is 0.369 e. The van der Waals surface area contributed by atoms with Gasteiger partial charge in [-0.05, 0) is 12.8 Å². The Morgan fingerprint density at radius 1 is 1.26 bits per heavy atom. The van der Waals surface area contributed by atoms with Crippen molar-refractivity contribution in [1.29, 1.82) is 0 Å². The number of nitrogens with two attached hydrogens (primary N) is 1. The molecule has 1 aromatic rings. The van der Waals surface area contributed by atoms with Gasteiger partial charge in [0.25, 0.3) is 5.08 Å². The maximum absolute atomic E-state index is 11.1. The molecule has 0 saturated heterocycles. The van der Waals surface area contributed by atoms with Crippen LogP contribution in [-0.4, -0.2) is 34.7 Å². The van der Waals surface area contributed by atoms with E-state index in [-0.39, 0.29) is 12.8 Å². The first kappa shape index (κ1) is 16.7. The SMILES string of the molecule is Nc1nc(CCCC(O)(P(=O)(O)O)P(=O)(O)O)cs1. The van der Waals surface area contributed by atoms with Crippen molar-refractivity contribution in [1.82, 2.24) is 4.98 Å². The highest BCUT2D eigenvalue weighted by Gasteiger charge is 2.58. The van der Waals surface area contributed by atoms with Crippen LogP contribution in [0.25, 0.3) is 0 Å². The van der Waals surface area contributed by atoms with Crippen molar-refractivity contribution < 1.29 is 33.8 Å². The van der Waals surface area contributed by atoms with Gasteiger partial charge in [0.1, 0.15) is 0 Å². The molecule has 0 atom stereocenters. The lowest BCUT2D eigenvalue weighted by Crippen LogP contribution is -2.28. The second-order valence-electron chi connectivity index (χ2n) is 3.89. The number of nitrogens with zero attached hydrogens (tertiary/aromatic N) is 1. The summed E-state index contributed by atoms with van der Waals surface area (Å²) < 4.78 is 22.1. The van der Waals surface area contributed by atoms with E-state index in [0.717, 1.165) is 0 Å². The average molecular weight is 332 g/mol. The van der Waals surface area contributed by atoms with Crippen molar-refractivity contribution in [3.8, 4) is 0 Å². The Hall–Kier alpha value is -0.310. The second kappa shape index (κ2) is 5.59. The summed E-state index contributed by atoms with van der Waals surface area (Å²) >= 11 is 1.17. The molecule has 0 aromatic carbocycles. The van der Waals surface area contributed by atoms with Crippen LogP contribution in [0.2, 0.25) is 0 Å². The topological polar surface area (TPSA) is 174 Å². The minimum atomic E-state index is -5.38. The molecule has 0 fully saturated rings. The monoisotopic (exact) mass is 332 g/mol. The van der Waals surface area contributed by atoms with Gasteiger partial charge in [-0.1, -0.05) is 0 Å². The van der Waals surface area contributed by atoms with Gasteiger partial charge < -0.3 is 30.4 Å². The smallest absolute Gasteiger partial charge is 0.369 e. The Balaban J connectivity index is 2.76. The number of aliphatic hydroxyl groups is 1. The van der Waals surface area contributed by atoms with Crippen LogP contribution in [0.3, 0.4) is 0 Å². The summed E-state index contributed by atoms with van der Waals surface area (Å²) in [6.07, 6.45) is -0.620. The molecule has 0 aliphatic rings. The van der Waals surface area contributed by atoms with Gasteiger partial charge in [-0.15, -0.1) is 11.3 Å². The normalized spacial score (nSPS) is 13.7. The largest absolute Gasteiger partial charge is 0.375 e. The van der Waals surface area contributed by atoms with Crippen LogP contribution >= 0.6 is 26.5 Å². The van der Waals surface area contributed by atoms with E-state index in [9.17, 15) is 14.2 Å². The molecule has 0 spiro atoms. The predicted octanol–water partition coefficient (Wildman–Crippen LogP) is 0.0495. The van der Waals surface area contributed by atoms with Crippen LogP contribution < -0.4 is 5.73 Å². The summed E-state index contributed by atoms with van der Waals surface area (Å²) in [6.45, 7) is 0. The van der Waals surface area contributed by atoms with Crippen LogP contribution in [-0.2, 0) is 15.6 Å². The first-order chi connectivity index (χ1) is 8.47. The van der Waals surface area contributed by atoms with E-state index in [1.54, 1.807) is 5.38 Å². The Morgan fingerprint density at radius 3 is 2.16 bits per heavy atom. The molecule has 0 aliphatic heterocycles. The summed E-state index contributed by atoms with van der Waals surface area (Å²) in [7, 11) is -10.8. The molecule has 19 heavy (non-hydrogen) atoms. The number of aryl methyl sites for hydroxylation is 1.